The van der Waals surface area contributed by atoms with Crippen LogP contribution < -0.4 is 0 Å². The van der Waals surface area contributed by atoms with Crippen LogP contribution in [0.4, 0.5) is 0 Å². The second kappa shape index (κ2) is 7.76. The predicted molar refractivity (Wildman–Crippen MR) is 70.3 cm³/mol. The molecule has 5 heteroatoms. The zero-order valence-electron chi connectivity index (χ0n) is 10.6. The molecule has 0 aliphatic heterocycles. The molecule has 0 bridgehead atoms. The number of hydrogen-bond donors (Lipinski definition) is 2. The van der Waals surface area contributed by atoms with E-state index in [1.807, 2.05) is 6.20 Å². The number of nitrogens with zero attached hydrogens (tertiary/aromatic N) is 2. The summed E-state index contributed by atoms with van der Waals surface area (Å²) in [5.74, 6) is 0.470. The van der Waals surface area contributed by atoms with Crippen LogP contribution in [0.1, 0.15) is 36.1 Å². The molecule has 0 aromatic carbocycles. The molecule has 0 fully saturated rings. The fourth-order valence-corrected chi connectivity index (χ4v) is 2.55. The Labute approximate surface area is 107 Å². The van der Waals surface area contributed by atoms with Crippen molar-refractivity contribution in [1.29, 1.82) is 0 Å². The van der Waals surface area contributed by atoms with Crippen LogP contribution in [-0.2, 0) is 6.54 Å². The van der Waals surface area contributed by atoms with Gasteiger partial charge in [0, 0.05) is 43.2 Å². The van der Waals surface area contributed by atoms with Gasteiger partial charge in [-0.05, 0) is 6.42 Å². The lowest BCUT2D eigenvalue weighted by atomic mass is 10.2. The maximum Gasteiger partial charge on any atom is 0.0953 e. The molecule has 0 saturated carbocycles. The van der Waals surface area contributed by atoms with Gasteiger partial charge in [0.25, 0.3) is 0 Å². The van der Waals surface area contributed by atoms with E-state index in [0.717, 1.165) is 24.5 Å². The Bertz CT molecular complexity index is 315. The first-order chi connectivity index (χ1) is 8.17. The smallest absolute Gasteiger partial charge is 0.0953 e. The molecule has 17 heavy (non-hydrogen) atoms. The van der Waals surface area contributed by atoms with Gasteiger partial charge in [0.1, 0.15) is 0 Å². The Morgan fingerprint density at radius 1 is 1.29 bits per heavy atom. The highest BCUT2D eigenvalue weighted by Gasteiger charge is 2.10. The third-order valence-corrected chi connectivity index (χ3v) is 3.78. The predicted octanol–water partition coefficient (Wildman–Crippen LogP) is 1.44. The van der Waals surface area contributed by atoms with E-state index in [1.165, 1.54) is 4.88 Å². The zero-order valence-corrected chi connectivity index (χ0v) is 11.4. The Balaban J connectivity index is 2.52. The second-order valence-electron chi connectivity index (χ2n) is 4.40. The third kappa shape index (κ3) is 5.12. The Kier molecular flexibility index (Phi) is 6.65. The van der Waals surface area contributed by atoms with Crippen molar-refractivity contribution in [3.63, 3.8) is 0 Å². The number of aliphatic hydroxyl groups is 2. The SMILES string of the molecule is CC(C)c1ncc(CN(CCO)CCCO)s1. The van der Waals surface area contributed by atoms with Gasteiger partial charge >= 0.3 is 0 Å². The topological polar surface area (TPSA) is 56.6 Å². The number of aromatic nitrogens is 1. The molecule has 0 radical (unpaired) electrons. The van der Waals surface area contributed by atoms with Gasteiger partial charge in [0.15, 0.2) is 0 Å². The Morgan fingerprint density at radius 2 is 2.06 bits per heavy atom. The first-order valence-electron chi connectivity index (χ1n) is 6.06. The first-order valence-corrected chi connectivity index (χ1v) is 6.87. The van der Waals surface area contributed by atoms with Crippen molar-refractivity contribution in [2.45, 2.75) is 32.7 Å². The largest absolute Gasteiger partial charge is 0.396 e. The highest BCUT2D eigenvalue weighted by atomic mass is 32.1. The molecule has 1 aromatic heterocycles. The van der Waals surface area contributed by atoms with Crippen molar-refractivity contribution in [2.75, 3.05) is 26.3 Å². The van der Waals surface area contributed by atoms with Gasteiger partial charge in [-0.1, -0.05) is 13.8 Å². The van der Waals surface area contributed by atoms with E-state index in [2.05, 4.69) is 23.7 Å². The molecule has 0 spiro atoms. The summed E-state index contributed by atoms with van der Waals surface area (Å²) in [7, 11) is 0. The summed E-state index contributed by atoms with van der Waals surface area (Å²) in [4.78, 5) is 7.76. The Hall–Kier alpha value is -0.490. The molecule has 4 nitrogen and oxygen atoms in total. The molecule has 2 N–H and O–H groups in total. The van der Waals surface area contributed by atoms with Crippen molar-refractivity contribution in [1.82, 2.24) is 9.88 Å². The lowest BCUT2D eigenvalue weighted by Crippen LogP contribution is -2.27. The van der Waals surface area contributed by atoms with Crippen molar-refractivity contribution in [3.8, 4) is 0 Å². The van der Waals surface area contributed by atoms with Crippen LogP contribution in [0.2, 0.25) is 0 Å². The monoisotopic (exact) mass is 258 g/mol. The molecular weight excluding hydrogens is 236 g/mol. The molecule has 1 rings (SSSR count). The van der Waals surface area contributed by atoms with Gasteiger partial charge in [-0.25, -0.2) is 4.98 Å². The van der Waals surface area contributed by atoms with Gasteiger partial charge in [0.05, 0.1) is 11.6 Å². The number of rotatable bonds is 8. The molecule has 1 heterocycles. The zero-order chi connectivity index (χ0) is 12.7. The summed E-state index contributed by atoms with van der Waals surface area (Å²) in [6, 6.07) is 0. The maximum absolute atomic E-state index is 8.99. The average Bonchev–Trinajstić information content (AvgIpc) is 2.75. The Morgan fingerprint density at radius 3 is 2.59 bits per heavy atom. The summed E-state index contributed by atoms with van der Waals surface area (Å²) < 4.78 is 0. The first kappa shape index (κ1) is 14.6. The van der Waals surface area contributed by atoms with Crippen LogP contribution in [0.3, 0.4) is 0 Å². The van der Waals surface area contributed by atoms with Crippen molar-refractivity contribution >= 4 is 11.3 Å². The van der Waals surface area contributed by atoms with Crippen LogP contribution in [0.25, 0.3) is 0 Å². The molecule has 0 aliphatic carbocycles. The van der Waals surface area contributed by atoms with E-state index in [4.69, 9.17) is 10.2 Å². The van der Waals surface area contributed by atoms with Gasteiger partial charge in [0.2, 0.25) is 0 Å². The lowest BCUT2D eigenvalue weighted by Gasteiger charge is -2.19. The van der Waals surface area contributed by atoms with E-state index >= 15 is 0 Å². The van der Waals surface area contributed by atoms with Crippen molar-refractivity contribution < 1.29 is 10.2 Å². The second-order valence-corrected chi connectivity index (χ2v) is 5.54. The summed E-state index contributed by atoms with van der Waals surface area (Å²) in [6.07, 6.45) is 2.67. The van der Waals surface area contributed by atoms with Crippen LogP contribution in [-0.4, -0.2) is 46.4 Å². The maximum atomic E-state index is 8.99. The molecular formula is C12H22N2O2S. The lowest BCUT2D eigenvalue weighted by molar-refractivity contribution is 0.175. The summed E-state index contributed by atoms with van der Waals surface area (Å²) in [5, 5.41) is 19.0. The summed E-state index contributed by atoms with van der Waals surface area (Å²) in [6.45, 7) is 6.90. The third-order valence-electron chi connectivity index (χ3n) is 2.49. The average molecular weight is 258 g/mol. The standard InChI is InChI=1S/C12H22N2O2S/c1-10(2)12-13-8-11(17-12)9-14(5-7-16)4-3-6-15/h8,10,15-16H,3-7,9H2,1-2H3. The molecule has 1 aromatic rings. The fraction of sp³-hybridized carbons (Fsp3) is 0.750. The minimum absolute atomic E-state index is 0.154. The molecule has 0 amide bonds. The van der Waals surface area contributed by atoms with E-state index in [9.17, 15) is 0 Å². The van der Waals surface area contributed by atoms with Crippen LogP contribution in [0.15, 0.2) is 6.20 Å². The number of aliphatic hydroxyl groups excluding tert-OH is 2. The van der Waals surface area contributed by atoms with Crippen LogP contribution >= 0.6 is 11.3 Å². The molecule has 0 atom stereocenters. The van der Waals surface area contributed by atoms with Gasteiger partial charge < -0.3 is 10.2 Å². The highest BCUT2D eigenvalue weighted by molar-refractivity contribution is 7.11. The molecule has 0 saturated heterocycles. The van der Waals surface area contributed by atoms with Crippen LogP contribution in [0.5, 0.6) is 0 Å². The normalized spacial score (nSPS) is 11.6. The number of hydrogen-bond acceptors (Lipinski definition) is 5. The molecule has 98 valence electrons. The van der Waals surface area contributed by atoms with Gasteiger partial charge in [-0.2, -0.15) is 0 Å². The van der Waals surface area contributed by atoms with Gasteiger partial charge in [-0.15, -0.1) is 11.3 Å². The van der Waals surface area contributed by atoms with E-state index in [0.29, 0.717) is 12.5 Å². The van der Waals surface area contributed by atoms with Gasteiger partial charge in [-0.3, -0.25) is 4.90 Å². The highest BCUT2D eigenvalue weighted by Crippen LogP contribution is 2.22. The van der Waals surface area contributed by atoms with E-state index < -0.39 is 0 Å². The van der Waals surface area contributed by atoms with Crippen molar-refractivity contribution in [2.24, 2.45) is 0 Å². The minimum atomic E-state index is 0.154. The summed E-state index contributed by atoms with van der Waals surface area (Å²) in [5.41, 5.74) is 0. The van der Waals surface area contributed by atoms with Crippen molar-refractivity contribution in [3.05, 3.63) is 16.1 Å². The van der Waals surface area contributed by atoms with E-state index in [1.54, 1.807) is 11.3 Å². The fourth-order valence-electron chi connectivity index (χ4n) is 1.59. The van der Waals surface area contributed by atoms with Crippen LogP contribution in [0, 0.1) is 0 Å². The van der Waals surface area contributed by atoms with E-state index in [-0.39, 0.29) is 13.2 Å². The minimum Gasteiger partial charge on any atom is -0.396 e. The summed E-state index contributed by atoms with van der Waals surface area (Å²) >= 11 is 1.73. The number of thiazole rings is 1. The molecule has 0 unspecified atom stereocenters. The quantitative estimate of drug-likeness (QED) is 0.741. The molecule has 0 aliphatic rings.